The highest BCUT2D eigenvalue weighted by atomic mass is 79.9. The number of nitrogens with one attached hydrogen (secondary N) is 1. The van der Waals surface area contributed by atoms with Gasteiger partial charge in [-0.05, 0) is 46.3 Å². The van der Waals surface area contributed by atoms with Gasteiger partial charge in [0.05, 0.1) is 16.8 Å². The van der Waals surface area contributed by atoms with E-state index >= 15 is 0 Å². The first-order chi connectivity index (χ1) is 9.90. The van der Waals surface area contributed by atoms with Crippen LogP contribution in [0.2, 0.25) is 5.02 Å². The first-order valence-electron chi connectivity index (χ1n) is 5.68. The zero-order chi connectivity index (χ0) is 15.6. The summed E-state index contributed by atoms with van der Waals surface area (Å²) in [4.78, 5) is 23.2. The summed E-state index contributed by atoms with van der Waals surface area (Å²) < 4.78 is 14.0. The highest BCUT2D eigenvalue weighted by molar-refractivity contribution is 9.10. The van der Waals surface area contributed by atoms with Crippen molar-refractivity contribution in [3.05, 3.63) is 62.8 Å². The molecule has 2 aromatic rings. The molecule has 0 saturated heterocycles. The summed E-state index contributed by atoms with van der Waals surface area (Å²) in [5.41, 5.74) is -0.330. The average molecular weight is 373 g/mol. The molecule has 21 heavy (non-hydrogen) atoms. The van der Waals surface area contributed by atoms with Gasteiger partial charge in [-0.3, -0.25) is 4.79 Å². The Hall–Kier alpha value is -1.92. The van der Waals surface area contributed by atoms with Crippen LogP contribution in [0.5, 0.6) is 0 Å². The standard InChI is InChI=1S/C14H8BrClFNO3/c15-10-3-1-2-8(14(20)21)12(10)18-13(19)9-6-7(16)4-5-11(9)17/h1-6H,(H,18,19)(H,20,21). The summed E-state index contributed by atoms with van der Waals surface area (Å²) in [7, 11) is 0. The minimum absolute atomic E-state index is 0.0503. The maximum atomic E-state index is 13.6. The Kier molecular flexibility index (Phi) is 4.59. The third kappa shape index (κ3) is 3.40. The van der Waals surface area contributed by atoms with E-state index in [-0.39, 0.29) is 21.8 Å². The van der Waals surface area contributed by atoms with Crippen LogP contribution in [0.3, 0.4) is 0 Å². The number of hydrogen-bond acceptors (Lipinski definition) is 2. The lowest BCUT2D eigenvalue weighted by Crippen LogP contribution is -2.16. The maximum Gasteiger partial charge on any atom is 0.337 e. The number of carboxylic acid groups (broad SMARTS) is 1. The lowest BCUT2D eigenvalue weighted by molar-refractivity contribution is 0.0698. The van der Waals surface area contributed by atoms with Crippen LogP contribution in [-0.4, -0.2) is 17.0 Å². The second kappa shape index (κ2) is 6.24. The number of aromatic carboxylic acids is 1. The Morgan fingerprint density at radius 1 is 1.19 bits per heavy atom. The Morgan fingerprint density at radius 2 is 1.90 bits per heavy atom. The number of benzene rings is 2. The first-order valence-corrected chi connectivity index (χ1v) is 6.85. The van der Waals surface area contributed by atoms with Gasteiger partial charge in [0.15, 0.2) is 0 Å². The molecule has 2 aromatic carbocycles. The second-order valence-corrected chi connectivity index (χ2v) is 5.34. The van der Waals surface area contributed by atoms with E-state index in [0.29, 0.717) is 4.47 Å². The van der Waals surface area contributed by atoms with Gasteiger partial charge < -0.3 is 10.4 Å². The van der Waals surface area contributed by atoms with Gasteiger partial charge in [-0.1, -0.05) is 17.7 Å². The molecule has 2 rings (SSSR count). The Bertz CT molecular complexity index is 736. The molecule has 0 aromatic heterocycles. The van der Waals surface area contributed by atoms with Crippen LogP contribution in [0.25, 0.3) is 0 Å². The van der Waals surface area contributed by atoms with Crippen LogP contribution in [0, 0.1) is 5.82 Å². The van der Waals surface area contributed by atoms with Crippen LogP contribution in [-0.2, 0) is 0 Å². The fraction of sp³-hybridized carbons (Fsp3) is 0. The van der Waals surface area contributed by atoms with Crippen molar-refractivity contribution in [2.45, 2.75) is 0 Å². The van der Waals surface area contributed by atoms with E-state index in [9.17, 15) is 14.0 Å². The zero-order valence-corrected chi connectivity index (χ0v) is 12.7. The van der Waals surface area contributed by atoms with E-state index in [1.165, 1.54) is 24.3 Å². The molecule has 2 N–H and O–H groups in total. The molecule has 0 spiro atoms. The number of halogens is 3. The molecule has 0 heterocycles. The van der Waals surface area contributed by atoms with Crippen molar-refractivity contribution >= 4 is 45.1 Å². The van der Waals surface area contributed by atoms with E-state index < -0.39 is 17.7 Å². The number of rotatable bonds is 3. The van der Waals surface area contributed by atoms with E-state index in [2.05, 4.69) is 21.2 Å². The predicted octanol–water partition coefficient (Wildman–Crippen LogP) is 4.19. The maximum absolute atomic E-state index is 13.6. The highest BCUT2D eigenvalue weighted by Crippen LogP contribution is 2.27. The smallest absolute Gasteiger partial charge is 0.337 e. The molecule has 108 valence electrons. The van der Waals surface area contributed by atoms with E-state index in [1.54, 1.807) is 6.07 Å². The van der Waals surface area contributed by atoms with Crippen LogP contribution >= 0.6 is 27.5 Å². The minimum atomic E-state index is -1.21. The molecule has 0 aliphatic carbocycles. The quantitative estimate of drug-likeness (QED) is 0.849. The lowest BCUT2D eigenvalue weighted by atomic mass is 10.1. The normalized spacial score (nSPS) is 10.2. The molecule has 0 aliphatic rings. The number of para-hydroxylation sites is 1. The van der Waals surface area contributed by atoms with Gasteiger partial charge in [0, 0.05) is 9.50 Å². The largest absolute Gasteiger partial charge is 0.478 e. The number of carboxylic acids is 1. The second-order valence-electron chi connectivity index (χ2n) is 4.05. The summed E-state index contributed by atoms with van der Waals surface area (Å²) in [6.45, 7) is 0. The Morgan fingerprint density at radius 3 is 2.57 bits per heavy atom. The highest BCUT2D eigenvalue weighted by Gasteiger charge is 2.18. The Balaban J connectivity index is 2.41. The molecule has 0 aliphatic heterocycles. The van der Waals surface area contributed by atoms with Crippen molar-refractivity contribution in [1.29, 1.82) is 0 Å². The van der Waals surface area contributed by atoms with Crippen molar-refractivity contribution < 1.29 is 19.1 Å². The number of hydrogen-bond donors (Lipinski definition) is 2. The van der Waals surface area contributed by atoms with E-state index in [1.807, 2.05) is 0 Å². The number of amides is 1. The van der Waals surface area contributed by atoms with Gasteiger partial charge in [0.25, 0.3) is 5.91 Å². The number of anilines is 1. The van der Waals surface area contributed by atoms with Crippen molar-refractivity contribution in [1.82, 2.24) is 0 Å². The SMILES string of the molecule is O=C(Nc1c(Br)cccc1C(=O)O)c1cc(Cl)ccc1F. The van der Waals surface area contributed by atoms with Crippen LogP contribution < -0.4 is 5.32 Å². The summed E-state index contributed by atoms with van der Waals surface area (Å²) in [5, 5.41) is 11.7. The molecule has 4 nitrogen and oxygen atoms in total. The average Bonchev–Trinajstić information content (AvgIpc) is 2.43. The van der Waals surface area contributed by atoms with Gasteiger partial charge >= 0.3 is 5.97 Å². The predicted molar refractivity (Wildman–Crippen MR) is 80.5 cm³/mol. The number of carbonyl (C=O) groups is 2. The van der Waals surface area contributed by atoms with Crippen molar-refractivity contribution in [2.24, 2.45) is 0 Å². The molecular weight excluding hydrogens is 365 g/mol. The summed E-state index contributed by atoms with van der Waals surface area (Å²) >= 11 is 8.88. The fourth-order valence-corrected chi connectivity index (χ4v) is 2.32. The van der Waals surface area contributed by atoms with Gasteiger partial charge in [-0.2, -0.15) is 0 Å². The monoisotopic (exact) mass is 371 g/mol. The molecule has 0 fully saturated rings. The van der Waals surface area contributed by atoms with Gasteiger partial charge in [-0.15, -0.1) is 0 Å². The van der Waals surface area contributed by atoms with E-state index in [0.717, 1.165) is 6.07 Å². The molecule has 0 unspecified atom stereocenters. The minimum Gasteiger partial charge on any atom is -0.478 e. The van der Waals surface area contributed by atoms with Crippen molar-refractivity contribution in [2.75, 3.05) is 5.32 Å². The Labute approximate surface area is 132 Å². The first kappa shape index (κ1) is 15.5. The lowest BCUT2D eigenvalue weighted by Gasteiger charge is -2.11. The fourth-order valence-electron chi connectivity index (χ4n) is 1.68. The van der Waals surface area contributed by atoms with Gasteiger partial charge in [-0.25, -0.2) is 9.18 Å². The molecule has 0 bridgehead atoms. The molecule has 1 amide bonds. The number of carbonyl (C=O) groups excluding carboxylic acids is 1. The molecule has 0 atom stereocenters. The summed E-state index contributed by atoms with van der Waals surface area (Å²) in [6.07, 6.45) is 0. The molecule has 0 radical (unpaired) electrons. The van der Waals surface area contributed by atoms with Gasteiger partial charge in [0.1, 0.15) is 5.82 Å². The third-order valence-corrected chi connectivity index (χ3v) is 3.55. The van der Waals surface area contributed by atoms with Crippen molar-refractivity contribution in [3.8, 4) is 0 Å². The summed E-state index contributed by atoms with van der Waals surface area (Å²) in [6, 6.07) is 7.96. The van der Waals surface area contributed by atoms with Gasteiger partial charge in [0.2, 0.25) is 0 Å². The topological polar surface area (TPSA) is 66.4 Å². The zero-order valence-electron chi connectivity index (χ0n) is 10.4. The van der Waals surface area contributed by atoms with Crippen LogP contribution in [0.4, 0.5) is 10.1 Å². The van der Waals surface area contributed by atoms with Crippen molar-refractivity contribution in [3.63, 3.8) is 0 Å². The van der Waals surface area contributed by atoms with Crippen LogP contribution in [0.1, 0.15) is 20.7 Å². The molecule has 7 heteroatoms. The molecular formula is C14H8BrClFNO3. The molecule has 0 saturated carbocycles. The van der Waals surface area contributed by atoms with E-state index in [4.69, 9.17) is 16.7 Å². The third-order valence-electron chi connectivity index (χ3n) is 2.66. The van der Waals surface area contributed by atoms with Crippen LogP contribution in [0.15, 0.2) is 40.9 Å². The summed E-state index contributed by atoms with van der Waals surface area (Å²) in [5.74, 6) is -2.75.